The average Bonchev–Trinajstić information content (AvgIpc) is 3.42. The van der Waals surface area contributed by atoms with Crippen molar-refractivity contribution in [3.63, 3.8) is 0 Å². The second-order valence-electron chi connectivity index (χ2n) is 8.59. The average molecular weight is 470 g/mol. The second-order valence-corrected chi connectivity index (χ2v) is 8.59. The van der Waals surface area contributed by atoms with E-state index in [0.717, 1.165) is 30.6 Å². The fourth-order valence-corrected chi connectivity index (χ4v) is 4.37. The van der Waals surface area contributed by atoms with Gasteiger partial charge < -0.3 is 18.9 Å². The monoisotopic (exact) mass is 469 g/mol. The molecule has 1 amide bonds. The third-order valence-corrected chi connectivity index (χ3v) is 6.12. The molecule has 35 heavy (non-hydrogen) atoms. The molecule has 0 unspecified atom stereocenters. The van der Waals surface area contributed by atoms with E-state index in [0.29, 0.717) is 36.0 Å². The SMILES string of the molecule is COc1cccc(Oc2cncc([C@@H]3CCCN(C(=O)c4cccc(Cn5ccnc5)c4)C3)n2)c1. The normalized spacial score (nSPS) is 15.6. The van der Waals surface area contributed by atoms with Crippen LogP contribution in [0.15, 0.2) is 79.6 Å². The van der Waals surface area contributed by atoms with Crippen LogP contribution in [0.1, 0.15) is 40.4 Å². The summed E-state index contributed by atoms with van der Waals surface area (Å²) in [6.07, 6.45) is 10.7. The van der Waals surface area contributed by atoms with Gasteiger partial charge in [-0.05, 0) is 42.7 Å². The third-order valence-electron chi connectivity index (χ3n) is 6.12. The summed E-state index contributed by atoms with van der Waals surface area (Å²) in [7, 11) is 1.62. The molecular weight excluding hydrogens is 442 g/mol. The van der Waals surface area contributed by atoms with Gasteiger partial charge in [0.25, 0.3) is 5.91 Å². The first-order chi connectivity index (χ1) is 17.2. The van der Waals surface area contributed by atoms with Crippen molar-refractivity contribution < 1.29 is 14.3 Å². The van der Waals surface area contributed by atoms with Crippen LogP contribution in [-0.2, 0) is 6.54 Å². The molecule has 0 bridgehead atoms. The molecule has 2 aromatic heterocycles. The van der Waals surface area contributed by atoms with Crippen molar-refractivity contribution >= 4 is 5.91 Å². The molecule has 5 rings (SSSR count). The molecule has 1 aliphatic heterocycles. The lowest BCUT2D eigenvalue weighted by Gasteiger charge is -2.32. The van der Waals surface area contributed by atoms with Crippen molar-refractivity contribution in [1.82, 2.24) is 24.4 Å². The van der Waals surface area contributed by atoms with Crippen LogP contribution < -0.4 is 9.47 Å². The van der Waals surface area contributed by atoms with Crippen molar-refractivity contribution in [2.45, 2.75) is 25.3 Å². The van der Waals surface area contributed by atoms with Gasteiger partial charge in [-0.15, -0.1) is 0 Å². The maximum absolute atomic E-state index is 13.3. The standard InChI is InChI=1S/C27H27N5O3/c1-34-23-8-3-9-24(14-23)35-26-16-29-15-25(30-26)22-7-4-11-32(18-22)27(33)21-6-2-5-20(13-21)17-31-12-10-28-19-31/h2-3,5-6,8-10,12-16,19,22H,4,7,11,17-18H2,1H3/t22-/m1/s1. The van der Waals surface area contributed by atoms with Gasteiger partial charge >= 0.3 is 0 Å². The van der Waals surface area contributed by atoms with E-state index in [9.17, 15) is 4.79 Å². The fourth-order valence-electron chi connectivity index (χ4n) is 4.37. The highest BCUT2D eigenvalue weighted by atomic mass is 16.5. The van der Waals surface area contributed by atoms with Gasteiger partial charge in [0.2, 0.25) is 5.88 Å². The molecule has 8 nitrogen and oxygen atoms in total. The van der Waals surface area contributed by atoms with Gasteiger partial charge in [-0.3, -0.25) is 9.78 Å². The van der Waals surface area contributed by atoms with Crippen LogP contribution >= 0.6 is 0 Å². The number of likely N-dealkylation sites (tertiary alicyclic amines) is 1. The molecule has 0 saturated carbocycles. The number of benzene rings is 2. The van der Waals surface area contributed by atoms with Gasteiger partial charge in [-0.2, -0.15) is 0 Å². The van der Waals surface area contributed by atoms with Crippen LogP contribution in [0.5, 0.6) is 17.4 Å². The topological polar surface area (TPSA) is 82.4 Å². The van der Waals surface area contributed by atoms with E-state index < -0.39 is 0 Å². The number of aromatic nitrogens is 4. The number of nitrogens with zero attached hydrogens (tertiary/aromatic N) is 5. The van der Waals surface area contributed by atoms with Gasteiger partial charge in [-0.1, -0.05) is 18.2 Å². The number of ether oxygens (including phenoxy) is 2. The number of methoxy groups -OCH3 is 1. The maximum atomic E-state index is 13.3. The Hall–Kier alpha value is -4.20. The Morgan fingerprint density at radius 1 is 1.09 bits per heavy atom. The van der Waals surface area contributed by atoms with E-state index in [1.54, 1.807) is 38.1 Å². The Balaban J connectivity index is 1.27. The zero-order valence-corrected chi connectivity index (χ0v) is 19.6. The van der Waals surface area contributed by atoms with E-state index in [1.165, 1.54) is 0 Å². The summed E-state index contributed by atoms with van der Waals surface area (Å²) in [6, 6.07) is 15.2. The lowest BCUT2D eigenvalue weighted by Crippen LogP contribution is -2.39. The number of piperidine rings is 1. The van der Waals surface area contributed by atoms with Gasteiger partial charge in [0.05, 0.1) is 25.3 Å². The van der Waals surface area contributed by atoms with E-state index in [2.05, 4.69) is 9.97 Å². The van der Waals surface area contributed by atoms with Crippen LogP contribution in [0, 0.1) is 0 Å². The molecule has 1 atom stereocenters. The van der Waals surface area contributed by atoms with Crippen molar-refractivity contribution in [2.75, 3.05) is 20.2 Å². The minimum Gasteiger partial charge on any atom is -0.497 e. The van der Waals surface area contributed by atoms with Crippen molar-refractivity contribution in [1.29, 1.82) is 0 Å². The molecule has 0 radical (unpaired) electrons. The number of imidazole rings is 1. The zero-order valence-electron chi connectivity index (χ0n) is 19.6. The first kappa shape index (κ1) is 22.6. The summed E-state index contributed by atoms with van der Waals surface area (Å²) < 4.78 is 13.2. The minimum atomic E-state index is 0.0407. The highest BCUT2D eigenvalue weighted by molar-refractivity contribution is 5.94. The first-order valence-corrected chi connectivity index (χ1v) is 11.7. The highest BCUT2D eigenvalue weighted by Gasteiger charge is 2.27. The Kier molecular flexibility index (Phi) is 6.70. The summed E-state index contributed by atoms with van der Waals surface area (Å²) in [5.74, 6) is 1.91. The van der Waals surface area contributed by atoms with Crippen molar-refractivity contribution in [3.05, 3.63) is 96.5 Å². The fraction of sp³-hybridized carbons (Fsp3) is 0.259. The molecule has 3 heterocycles. The lowest BCUT2D eigenvalue weighted by atomic mass is 9.94. The van der Waals surface area contributed by atoms with Crippen LogP contribution in [0.3, 0.4) is 0 Å². The van der Waals surface area contributed by atoms with Crippen LogP contribution in [0.4, 0.5) is 0 Å². The lowest BCUT2D eigenvalue weighted by molar-refractivity contribution is 0.0705. The molecule has 4 aromatic rings. The molecule has 0 aliphatic carbocycles. The highest BCUT2D eigenvalue weighted by Crippen LogP contribution is 2.29. The molecule has 1 fully saturated rings. The smallest absolute Gasteiger partial charge is 0.253 e. The number of hydrogen-bond donors (Lipinski definition) is 0. The largest absolute Gasteiger partial charge is 0.497 e. The summed E-state index contributed by atoms with van der Waals surface area (Å²) in [6.45, 7) is 2.01. The van der Waals surface area contributed by atoms with Gasteiger partial charge in [0.1, 0.15) is 11.5 Å². The number of carbonyl (C=O) groups is 1. The van der Waals surface area contributed by atoms with Gasteiger partial charge in [0, 0.05) is 55.8 Å². The van der Waals surface area contributed by atoms with Crippen LogP contribution in [0.25, 0.3) is 0 Å². The second kappa shape index (κ2) is 10.4. The quantitative estimate of drug-likeness (QED) is 0.395. The summed E-state index contributed by atoms with van der Waals surface area (Å²) in [5.41, 5.74) is 2.59. The Morgan fingerprint density at radius 3 is 2.83 bits per heavy atom. The summed E-state index contributed by atoms with van der Waals surface area (Å²) >= 11 is 0. The summed E-state index contributed by atoms with van der Waals surface area (Å²) in [4.78, 5) is 28.4. The Labute approximate surface area is 204 Å². The summed E-state index contributed by atoms with van der Waals surface area (Å²) in [5, 5.41) is 0. The molecule has 8 heteroatoms. The number of hydrogen-bond acceptors (Lipinski definition) is 6. The number of carbonyl (C=O) groups excluding carboxylic acids is 1. The van der Waals surface area contributed by atoms with Crippen LogP contribution in [0.2, 0.25) is 0 Å². The van der Waals surface area contributed by atoms with E-state index >= 15 is 0 Å². The molecule has 1 aliphatic rings. The first-order valence-electron chi connectivity index (χ1n) is 11.7. The van der Waals surface area contributed by atoms with E-state index in [4.69, 9.17) is 14.5 Å². The molecule has 178 valence electrons. The number of amides is 1. The minimum absolute atomic E-state index is 0.0407. The predicted octanol–water partition coefficient (Wildman–Crippen LogP) is 4.54. The third kappa shape index (κ3) is 5.48. The van der Waals surface area contributed by atoms with Crippen molar-refractivity contribution in [2.24, 2.45) is 0 Å². The van der Waals surface area contributed by atoms with Crippen LogP contribution in [-0.4, -0.2) is 50.5 Å². The van der Waals surface area contributed by atoms with Gasteiger partial charge in [0.15, 0.2) is 0 Å². The van der Waals surface area contributed by atoms with Crippen molar-refractivity contribution in [3.8, 4) is 17.4 Å². The number of rotatable bonds is 7. The zero-order chi connectivity index (χ0) is 24.0. The van der Waals surface area contributed by atoms with Gasteiger partial charge in [-0.25, -0.2) is 9.97 Å². The predicted molar refractivity (Wildman–Crippen MR) is 131 cm³/mol. The molecule has 2 aromatic carbocycles. The molecule has 0 N–H and O–H groups in total. The van der Waals surface area contributed by atoms with E-state index in [-0.39, 0.29) is 11.8 Å². The Morgan fingerprint density at radius 2 is 1.97 bits per heavy atom. The van der Waals surface area contributed by atoms with E-state index in [1.807, 2.05) is 58.1 Å². The molecule has 1 saturated heterocycles. The maximum Gasteiger partial charge on any atom is 0.253 e. The Bertz CT molecular complexity index is 1290. The molecular formula is C27H27N5O3. The molecule has 0 spiro atoms.